The zero-order chi connectivity index (χ0) is 23.8. The van der Waals surface area contributed by atoms with E-state index in [2.05, 4.69) is 17.0 Å². The minimum atomic E-state index is -1.93. The maximum atomic E-state index is 14.1. The van der Waals surface area contributed by atoms with Crippen LogP contribution in [0.15, 0.2) is 53.4 Å². The van der Waals surface area contributed by atoms with E-state index < -0.39 is 26.9 Å². The highest BCUT2D eigenvalue weighted by atomic mass is 35.6. The SMILES string of the molecule is Cc1ccc(N2CCN([C@H](N3C(=O)S/C(=C/c4ccccc4F)C3=O)C(Cl)(Cl)Cl)CC2)cc1. The summed E-state index contributed by atoms with van der Waals surface area (Å²) in [4.78, 5) is 31.1. The van der Waals surface area contributed by atoms with Gasteiger partial charge < -0.3 is 4.90 Å². The standard InChI is InChI=1S/C23H21Cl3FN3O2S/c1-15-6-8-17(9-7-15)28-10-12-29(13-11-28)21(23(24,25)26)30-20(31)19(33-22(30)32)14-16-4-2-3-5-18(16)27/h2-9,14,21H,10-13H2,1H3/b19-14+/t21-/m1/s1. The van der Waals surface area contributed by atoms with Crippen LogP contribution in [-0.4, -0.2) is 57.1 Å². The molecule has 2 aliphatic heterocycles. The van der Waals surface area contributed by atoms with E-state index in [4.69, 9.17) is 34.8 Å². The van der Waals surface area contributed by atoms with Crippen LogP contribution in [0.4, 0.5) is 14.9 Å². The van der Waals surface area contributed by atoms with Gasteiger partial charge in [0.2, 0.25) is 3.79 Å². The van der Waals surface area contributed by atoms with Gasteiger partial charge in [0.15, 0.2) is 0 Å². The van der Waals surface area contributed by atoms with Crippen molar-refractivity contribution in [2.45, 2.75) is 16.9 Å². The Labute approximate surface area is 211 Å². The monoisotopic (exact) mass is 527 g/mol. The second-order valence-corrected chi connectivity index (χ2v) is 11.2. The summed E-state index contributed by atoms with van der Waals surface area (Å²) in [6, 6.07) is 14.2. The fourth-order valence-corrected chi connectivity index (χ4v) is 5.47. The molecule has 0 spiro atoms. The Bertz CT molecular complexity index is 1080. The number of aryl methyl sites for hydroxylation is 1. The van der Waals surface area contributed by atoms with Gasteiger partial charge >= 0.3 is 0 Å². The molecule has 174 valence electrons. The Morgan fingerprint density at radius 1 is 1.00 bits per heavy atom. The van der Waals surface area contributed by atoms with Gasteiger partial charge in [-0.25, -0.2) is 9.29 Å². The summed E-state index contributed by atoms with van der Waals surface area (Å²) in [7, 11) is 0. The van der Waals surface area contributed by atoms with Crippen molar-refractivity contribution < 1.29 is 14.0 Å². The van der Waals surface area contributed by atoms with Gasteiger partial charge in [0, 0.05) is 37.4 Å². The molecule has 1 atom stereocenters. The molecule has 0 aromatic heterocycles. The third-order valence-corrected chi connectivity index (χ3v) is 7.08. The first-order chi connectivity index (χ1) is 15.6. The molecule has 2 aromatic rings. The van der Waals surface area contributed by atoms with Crippen LogP contribution < -0.4 is 4.90 Å². The summed E-state index contributed by atoms with van der Waals surface area (Å²) in [5.74, 6) is -1.10. The van der Waals surface area contributed by atoms with Crippen molar-refractivity contribution in [2.24, 2.45) is 0 Å². The predicted molar refractivity (Wildman–Crippen MR) is 133 cm³/mol. The van der Waals surface area contributed by atoms with Crippen LogP contribution in [0.3, 0.4) is 0 Å². The maximum Gasteiger partial charge on any atom is 0.295 e. The first-order valence-electron chi connectivity index (χ1n) is 10.3. The van der Waals surface area contributed by atoms with Crippen LogP contribution in [0, 0.1) is 12.7 Å². The number of anilines is 1. The number of nitrogens with zero attached hydrogens (tertiary/aromatic N) is 3. The number of piperazine rings is 1. The lowest BCUT2D eigenvalue weighted by molar-refractivity contribution is -0.127. The first kappa shape index (κ1) is 24.4. The van der Waals surface area contributed by atoms with Crippen molar-refractivity contribution in [1.82, 2.24) is 9.80 Å². The number of benzene rings is 2. The van der Waals surface area contributed by atoms with Crippen LogP contribution >= 0.6 is 46.6 Å². The van der Waals surface area contributed by atoms with Gasteiger partial charge in [-0.15, -0.1) is 0 Å². The van der Waals surface area contributed by atoms with Gasteiger partial charge in [-0.2, -0.15) is 0 Å². The highest BCUT2D eigenvalue weighted by Gasteiger charge is 2.51. The van der Waals surface area contributed by atoms with Crippen molar-refractivity contribution in [2.75, 3.05) is 31.1 Å². The molecule has 0 radical (unpaired) electrons. The minimum absolute atomic E-state index is 0.0858. The molecule has 0 bridgehead atoms. The van der Waals surface area contributed by atoms with E-state index in [-0.39, 0.29) is 10.5 Å². The van der Waals surface area contributed by atoms with Crippen molar-refractivity contribution in [3.05, 3.63) is 70.4 Å². The largest absolute Gasteiger partial charge is 0.369 e. The number of hydrogen-bond donors (Lipinski definition) is 0. The van der Waals surface area contributed by atoms with Crippen LogP contribution in [0.1, 0.15) is 11.1 Å². The number of amides is 2. The number of rotatable bonds is 4. The molecule has 5 nitrogen and oxygen atoms in total. The van der Waals surface area contributed by atoms with Crippen molar-refractivity contribution >= 4 is 69.5 Å². The summed E-state index contributed by atoms with van der Waals surface area (Å²) in [6.45, 7) is 4.29. The maximum absolute atomic E-state index is 14.1. The van der Waals surface area contributed by atoms with Gasteiger partial charge in [-0.1, -0.05) is 70.7 Å². The molecule has 0 N–H and O–H groups in total. The van der Waals surface area contributed by atoms with E-state index in [1.807, 2.05) is 24.0 Å². The van der Waals surface area contributed by atoms with Crippen LogP contribution in [0.5, 0.6) is 0 Å². The Hall–Kier alpha value is -1.77. The molecule has 4 rings (SSSR count). The zero-order valence-corrected chi connectivity index (χ0v) is 20.8. The summed E-state index contributed by atoms with van der Waals surface area (Å²) in [6.07, 6.45) is 0.270. The molecule has 0 saturated carbocycles. The summed E-state index contributed by atoms with van der Waals surface area (Å²) < 4.78 is 12.1. The van der Waals surface area contributed by atoms with Gasteiger partial charge in [-0.05, 0) is 43.0 Å². The van der Waals surface area contributed by atoms with Crippen LogP contribution in [0.25, 0.3) is 6.08 Å². The van der Waals surface area contributed by atoms with E-state index in [1.54, 1.807) is 12.1 Å². The van der Waals surface area contributed by atoms with Gasteiger partial charge in [0.25, 0.3) is 11.1 Å². The van der Waals surface area contributed by atoms with Gasteiger partial charge in [0.1, 0.15) is 12.0 Å². The molecule has 0 unspecified atom stereocenters. The lowest BCUT2D eigenvalue weighted by Crippen LogP contribution is -2.61. The lowest BCUT2D eigenvalue weighted by Gasteiger charge is -2.44. The molecule has 2 amide bonds. The molecule has 2 heterocycles. The van der Waals surface area contributed by atoms with E-state index in [0.29, 0.717) is 37.9 Å². The van der Waals surface area contributed by atoms with E-state index in [9.17, 15) is 14.0 Å². The molecule has 10 heteroatoms. The molecule has 0 aliphatic carbocycles. The molecule has 2 fully saturated rings. The Morgan fingerprint density at radius 2 is 1.64 bits per heavy atom. The average molecular weight is 529 g/mol. The van der Waals surface area contributed by atoms with Gasteiger partial charge in [0.05, 0.1) is 4.91 Å². The van der Waals surface area contributed by atoms with Crippen molar-refractivity contribution in [3.63, 3.8) is 0 Å². The van der Waals surface area contributed by atoms with E-state index in [1.165, 1.54) is 23.8 Å². The number of hydrogen-bond acceptors (Lipinski definition) is 5. The molecular formula is C23H21Cl3FN3O2S. The molecule has 2 saturated heterocycles. The second-order valence-electron chi connectivity index (χ2n) is 7.85. The van der Waals surface area contributed by atoms with Crippen LogP contribution in [-0.2, 0) is 4.79 Å². The molecule has 2 aromatic carbocycles. The number of carbonyl (C=O) groups is 2. The first-order valence-corrected chi connectivity index (χ1v) is 12.2. The quantitative estimate of drug-likeness (QED) is 0.377. The number of imide groups is 1. The third-order valence-electron chi connectivity index (χ3n) is 5.61. The number of carbonyl (C=O) groups excluding carboxylic acids is 2. The lowest BCUT2D eigenvalue weighted by atomic mass is 10.2. The minimum Gasteiger partial charge on any atom is -0.369 e. The Morgan fingerprint density at radius 3 is 2.24 bits per heavy atom. The highest BCUT2D eigenvalue weighted by Crippen LogP contribution is 2.42. The summed E-state index contributed by atoms with van der Waals surface area (Å²) >= 11 is 19.6. The highest BCUT2D eigenvalue weighted by molar-refractivity contribution is 8.18. The van der Waals surface area contributed by atoms with E-state index >= 15 is 0 Å². The normalized spacial score (nSPS) is 20.1. The van der Waals surface area contributed by atoms with Crippen molar-refractivity contribution in [1.29, 1.82) is 0 Å². The second kappa shape index (κ2) is 9.84. The smallest absolute Gasteiger partial charge is 0.295 e. The topological polar surface area (TPSA) is 43.9 Å². The van der Waals surface area contributed by atoms with Crippen molar-refractivity contribution in [3.8, 4) is 0 Å². The van der Waals surface area contributed by atoms with Gasteiger partial charge in [-0.3, -0.25) is 14.5 Å². The average Bonchev–Trinajstić information content (AvgIpc) is 3.03. The molecule has 2 aliphatic rings. The molecular weight excluding hydrogens is 508 g/mol. The predicted octanol–water partition coefficient (Wildman–Crippen LogP) is 5.69. The number of thioether (sulfide) groups is 1. The summed E-state index contributed by atoms with van der Waals surface area (Å²) in [5.41, 5.74) is 2.47. The zero-order valence-electron chi connectivity index (χ0n) is 17.7. The van der Waals surface area contributed by atoms with Crippen LogP contribution in [0.2, 0.25) is 0 Å². The fourth-order valence-electron chi connectivity index (χ4n) is 3.92. The Kier molecular flexibility index (Phi) is 7.26. The summed E-state index contributed by atoms with van der Waals surface area (Å²) in [5, 5.41) is -0.556. The number of alkyl halides is 3. The molecule has 33 heavy (non-hydrogen) atoms. The van der Waals surface area contributed by atoms with E-state index in [0.717, 1.165) is 10.6 Å². The Balaban J connectivity index is 1.54. The number of halogens is 4. The fraction of sp³-hybridized carbons (Fsp3) is 0.304. The third kappa shape index (κ3) is 5.33.